The van der Waals surface area contributed by atoms with Crippen LogP contribution in [0.3, 0.4) is 0 Å². The van der Waals surface area contributed by atoms with Gasteiger partial charge in [0, 0.05) is 24.9 Å². The van der Waals surface area contributed by atoms with Crippen LogP contribution in [-0.2, 0) is 0 Å². The first-order valence-corrected chi connectivity index (χ1v) is 7.51. The summed E-state index contributed by atoms with van der Waals surface area (Å²) in [5, 5.41) is 14.6. The van der Waals surface area contributed by atoms with Gasteiger partial charge in [0.05, 0.1) is 0 Å². The Balaban J connectivity index is 2.45. The topological polar surface area (TPSA) is 70.6 Å². The largest absolute Gasteiger partial charge is 0.481 e. The number of terminal acetylenes is 1. The third-order valence-electron chi connectivity index (χ3n) is 3.20. The highest BCUT2D eigenvalue weighted by atomic mass is 16.5. The van der Waals surface area contributed by atoms with E-state index in [4.69, 9.17) is 16.3 Å². The minimum absolute atomic E-state index is 0.141. The number of urea groups is 1. The van der Waals surface area contributed by atoms with Crippen LogP contribution in [-0.4, -0.2) is 30.9 Å². The molecule has 0 fully saturated rings. The van der Waals surface area contributed by atoms with Gasteiger partial charge in [-0.05, 0) is 30.9 Å². The Bertz CT molecular complexity index is 491. The van der Waals surface area contributed by atoms with Crippen LogP contribution in [0.15, 0.2) is 24.3 Å². The summed E-state index contributed by atoms with van der Waals surface area (Å²) in [7, 11) is 0. The second-order valence-corrected chi connectivity index (χ2v) is 5.02. The molecule has 120 valence electrons. The first-order chi connectivity index (χ1) is 10.7. The molecule has 0 bridgehead atoms. The normalized spacial score (nSPS) is 11.3. The van der Waals surface area contributed by atoms with Crippen molar-refractivity contribution < 1.29 is 14.6 Å². The zero-order chi connectivity index (χ0) is 16.2. The number of benzene rings is 1. The van der Waals surface area contributed by atoms with Crippen LogP contribution >= 0.6 is 0 Å². The van der Waals surface area contributed by atoms with Crippen LogP contribution < -0.4 is 15.4 Å². The maximum absolute atomic E-state index is 11.9. The van der Waals surface area contributed by atoms with E-state index in [0.29, 0.717) is 30.3 Å². The molecular weight excluding hydrogens is 280 g/mol. The first-order valence-electron chi connectivity index (χ1n) is 7.51. The highest BCUT2D eigenvalue weighted by Gasteiger charge is 2.09. The number of rotatable bonds is 9. The lowest BCUT2D eigenvalue weighted by atomic mass is 10.0. The van der Waals surface area contributed by atoms with Crippen LogP contribution in [0, 0.1) is 18.3 Å². The number of nitrogens with one attached hydrogen (secondary N) is 2. The Morgan fingerprint density at radius 1 is 1.45 bits per heavy atom. The minimum atomic E-state index is -0.270. The highest BCUT2D eigenvalue weighted by molar-refractivity contribution is 5.89. The van der Waals surface area contributed by atoms with E-state index >= 15 is 0 Å². The van der Waals surface area contributed by atoms with Crippen LogP contribution in [0.4, 0.5) is 10.5 Å². The minimum Gasteiger partial charge on any atom is -0.481 e. The molecule has 0 aliphatic rings. The van der Waals surface area contributed by atoms with Crippen molar-refractivity contribution in [2.24, 2.45) is 5.92 Å². The summed E-state index contributed by atoms with van der Waals surface area (Å²) in [5.41, 5.74) is 0.640. The molecule has 22 heavy (non-hydrogen) atoms. The third-order valence-corrected chi connectivity index (χ3v) is 3.20. The molecule has 5 heteroatoms. The van der Waals surface area contributed by atoms with Crippen molar-refractivity contribution in [3.05, 3.63) is 24.3 Å². The zero-order valence-corrected chi connectivity index (χ0v) is 13.0. The lowest BCUT2D eigenvalue weighted by Gasteiger charge is -2.16. The Morgan fingerprint density at radius 2 is 2.27 bits per heavy atom. The van der Waals surface area contributed by atoms with Crippen molar-refractivity contribution in [3.8, 4) is 18.1 Å². The van der Waals surface area contributed by atoms with Crippen molar-refractivity contribution in [3.63, 3.8) is 0 Å². The smallest absolute Gasteiger partial charge is 0.319 e. The lowest BCUT2D eigenvalue weighted by Crippen LogP contribution is -2.33. The molecule has 0 saturated carbocycles. The van der Waals surface area contributed by atoms with Crippen LogP contribution in [0.2, 0.25) is 0 Å². The maximum Gasteiger partial charge on any atom is 0.319 e. The zero-order valence-electron chi connectivity index (χ0n) is 13.0. The van der Waals surface area contributed by atoms with Crippen molar-refractivity contribution in [1.82, 2.24) is 5.32 Å². The van der Waals surface area contributed by atoms with Gasteiger partial charge in [0.2, 0.25) is 0 Å². The number of amides is 2. The highest BCUT2D eigenvalue weighted by Crippen LogP contribution is 2.17. The van der Waals surface area contributed by atoms with E-state index in [0.717, 1.165) is 12.8 Å². The molecule has 1 aromatic carbocycles. The van der Waals surface area contributed by atoms with Gasteiger partial charge in [-0.3, -0.25) is 0 Å². The summed E-state index contributed by atoms with van der Waals surface area (Å²) in [5.74, 6) is 3.30. The van der Waals surface area contributed by atoms with E-state index in [1.54, 1.807) is 24.3 Å². The molecule has 0 saturated heterocycles. The van der Waals surface area contributed by atoms with Gasteiger partial charge in [0.1, 0.15) is 12.4 Å². The average Bonchev–Trinajstić information content (AvgIpc) is 2.51. The standard InChI is InChI=1S/C17H24N2O3/c1-3-6-14(9-10-20)13-18-17(21)19-15-7-5-8-16(12-15)22-11-4-2/h2,5,7-8,12,14,20H,3,6,9-11,13H2,1H3,(H2,18,19,21). The fourth-order valence-electron chi connectivity index (χ4n) is 2.14. The maximum atomic E-state index is 11.9. The number of aliphatic hydroxyl groups is 1. The van der Waals surface area contributed by atoms with Gasteiger partial charge in [-0.1, -0.05) is 25.3 Å². The molecule has 1 unspecified atom stereocenters. The molecule has 0 aliphatic carbocycles. The predicted molar refractivity (Wildman–Crippen MR) is 87.9 cm³/mol. The Hall–Kier alpha value is -2.19. The van der Waals surface area contributed by atoms with Gasteiger partial charge in [-0.25, -0.2) is 4.79 Å². The number of hydrogen-bond acceptors (Lipinski definition) is 3. The number of anilines is 1. The van der Waals surface area contributed by atoms with Gasteiger partial charge in [-0.2, -0.15) is 0 Å². The lowest BCUT2D eigenvalue weighted by molar-refractivity contribution is 0.236. The van der Waals surface area contributed by atoms with Crippen molar-refractivity contribution in [2.75, 3.05) is 25.1 Å². The molecule has 5 nitrogen and oxygen atoms in total. The van der Waals surface area contributed by atoms with Gasteiger partial charge >= 0.3 is 6.03 Å². The summed E-state index contributed by atoms with van der Waals surface area (Å²) >= 11 is 0. The molecular formula is C17H24N2O3. The van der Waals surface area contributed by atoms with E-state index in [2.05, 4.69) is 23.5 Å². The number of aliphatic hydroxyl groups excluding tert-OH is 1. The summed E-state index contributed by atoms with van der Waals surface area (Å²) in [4.78, 5) is 11.9. The van der Waals surface area contributed by atoms with Crippen LogP contribution in [0.25, 0.3) is 0 Å². The Kier molecular flexibility index (Phi) is 8.54. The number of carbonyl (C=O) groups excluding carboxylic acids is 1. The van der Waals surface area contributed by atoms with Crippen molar-refractivity contribution in [1.29, 1.82) is 0 Å². The van der Waals surface area contributed by atoms with Crippen molar-refractivity contribution in [2.45, 2.75) is 26.2 Å². The second-order valence-electron chi connectivity index (χ2n) is 5.02. The van der Waals surface area contributed by atoms with E-state index in [9.17, 15) is 4.79 Å². The SMILES string of the molecule is C#CCOc1cccc(NC(=O)NCC(CCC)CCO)c1. The summed E-state index contributed by atoms with van der Waals surface area (Å²) < 4.78 is 5.30. The summed E-state index contributed by atoms with van der Waals surface area (Å²) in [6, 6.07) is 6.79. The molecule has 1 rings (SSSR count). The van der Waals surface area contributed by atoms with Gasteiger partial charge < -0.3 is 20.5 Å². The molecule has 1 atom stereocenters. The fraction of sp³-hybridized carbons (Fsp3) is 0.471. The molecule has 0 radical (unpaired) electrons. The number of carbonyl (C=O) groups is 1. The fourth-order valence-corrected chi connectivity index (χ4v) is 2.14. The van der Waals surface area contributed by atoms with Crippen LogP contribution in [0.1, 0.15) is 26.2 Å². The number of ether oxygens (including phenoxy) is 1. The van der Waals surface area contributed by atoms with E-state index in [1.165, 1.54) is 0 Å². The second kappa shape index (κ2) is 10.5. The van der Waals surface area contributed by atoms with Gasteiger partial charge in [0.25, 0.3) is 0 Å². The quantitative estimate of drug-likeness (QED) is 0.614. The monoisotopic (exact) mass is 304 g/mol. The van der Waals surface area contributed by atoms with Gasteiger partial charge in [-0.15, -0.1) is 6.42 Å². The Morgan fingerprint density at radius 3 is 2.95 bits per heavy atom. The van der Waals surface area contributed by atoms with E-state index in [-0.39, 0.29) is 19.2 Å². The third kappa shape index (κ3) is 7.00. The van der Waals surface area contributed by atoms with Crippen LogP contribution in [0.5, 0.6) is 5.75 Å². The van der Waals surface area contributed by atoms with Gasteiger partial charge in [0.15, 0.2) is 0 Å². The molecule has 0 spiro atoms. The summed E-state index contributed by atoms with van der Waals surface area (Å²) in [6.07, 6.45) is 7.85. The molecule has 1 aromatic rings. The molecule has 0 aliphatic heterocycles. The average molecular weight is 304 g/mol. The first kappa shape index (κ1) is 17.9. The molecule has 3 N–H and O–H groups in total. The molecule has 2 amide bonds. The number of hydrogen-bond donors (Lipinski definition) is 3. The van der Waals surface area contributed by atoms with E-state index in [1.807, 2.05) is 0 Å². The Labute approximate surface area is 132 Å². The molecule has 0 aromatic heterocycles. The van der Waals surface area contributed by atoms with Crippen molar-refractivity contribution >= 4 is 11.7 Å². The predicted octanol–water partition coefficient (Wildman–Crippen LogP) is 2.62. The summed E-state index contributed by atoms with van der Waals surface area (Å²) in [6.45, 7) is 2.97. The van der Waals surface area contributed by atoms with E-state index < -0.39 is 0 Å². The molecule has 0 heterocycles.